The minimum atomic E-state index is -0.0388. The van der Waals surface area contributed by atoms with E-state index < -0.39 is 0 Å². The van der Waals surface area contributed by atoms with Gasteiger partial charge in [-0.15, -0.1) is 22.0 Å². The largest absolute Gasteiger partial charge is 0.325 e. The second kappa shape index (κ2) is 10.2. The molecule has 1 heterocycles. The van der Waals surface area contributed by atoms with Gasteiger partial charge in [0.2, 0.25) is 5.91 Å². The molecule has 1 saturated carbocycles. The van der Waals surface area contributed by atoms with Crippen LogP contribution in [0.3, 0.4) is 0 Å². The van der Waals surface area contributed by atoms with Crippen molar-refractivity contribution in [2.75, 3.05) is 11.1 Å². The fourth-order valence-electron chi connectivity index (χ4n) is 3.56. The van der Waals surface area contributed by atoms with E-state index in [2.05, 4.69) is 39.8 Å². The van der Waals surface area contributed by atoms with Gasteiger partial charge in [-0.05, 0) is 49.6 Å². The molecule has 0 atom stereocenters. The molecule has 1 amide bonds. The second-order valence-electron chi connectivity index (χ2n) is 7.49. The molecule has 0 aliphatic heterocycles. The molecule has 0 spiro atoms. The van der Waals surface area contributed by atoms with Gasteiger partial charge in [-0.1, -0.05) is 54.9 Å². The maximum absolute atomic E-state index is 12.4. The van der Waals surface area contributed by atoms with Gasteiger partial charge in [-0.2, -0.15) is 0 Å². The number of hydrogen-bond acceptors (Lipinski definition) is 5. The first-order valence-corrected chi connectivity index (χ1v) is 12.2. The summed E-state index contributed by atoms with van der Waals surface area (Å²) in [5.74, 6) is 1.10. The Bertz CT molecular complexity index is 967. The summed E-state index contributed by atoms with van der Waals surface area (Å²) in [6.45, 7) is 2.63. The van der Waals surface area contributed by atoms with E-state index in [1.54, 1.807) is 0 Å². The number of benzene rings is 2. The van der Waals surface area contributed by atoms with E-state index in [1.807, 2.05) is 53.6 Å². The first kappa shape index (κ1) is 21.0. The number of aromatic nitrogens is 3. The summed E-state index contributed by atoms with van der Waals surface area (Å²) in [5, 5.41) is 12.9. The molecule has 4 rings (SSSR count). The maximum atomic E-state index is 12.4. The Hall–Kier alpha value is -2.25. The number of thioether (sulfide) groups is 2. The van der Waals surface area contributed by atoms with Crippen LogP contribution in [0.25, 0.3) is 0 Å². The Morgan fingerprint density at radius 1 is 1.07 bits per heavy atom. The number of aryl methyl sites for hydroxylation is 1. The van der Waals surface area contributed by atoms with Crippen molar-refractivity contribution >= 4 is 35.1 Å². The maximum Gasteiger partial charge on any atom is 0.234 e. The molecule has 0 unspecified atom stereocenters. The molecule has 3 aromatic rings. The van der Waals surface area contributed by atoms with Crippen LogP contribution in [0.15, 0.2) is 64.6 Å². The van der Waals surface area contributed by atoms with Crippen molar-refractivity contribution in [2.24, 2.45) is 0 Å². The average Bonchev–Trinajstić information content (AvgIpc) is 3.39. The number of rotatable bonds is 8. The molecule has 156 valence electrons. The minimum absolute atomic E-state index is 0.0388. The molecule has 0 radical (unpaired) electrons. The molecule has 1 aliphatic rings. The van der Waals surface area contributed by atoms with Gasteiger partial charge < -0.3 is 9.88 Å². The highest BCUT2D eigenvalue weighted by Gasteiger charge is 2.16. The van der Waals surface area contributed by atoms with Crippen LogP contribution in [0, 0.1) is 6.92 Å². The van der Waals surface area contributed by atoms with Crippen LogP contribution in [0.5, 0.6) is 0 Å². The lowest BCUT2D eigenvalue weighted by atomic mass is 10.2. The molecule has 1 fully saturated rings. The number of nitrogens with zero attached hydrogens (tertiary/aromatic N) is 3. The fourth-order valence-corrected chi connectivity index (χ4v) is 5.59. The van der Waals surface area contributed by atoms with Crippen LogP contribution in [0.4, 0.5) is 5.69 Å². The van der Waals surface area contributed by atoms with E-state index in [0.717, 1.165) is 21.9 Å². The predicted octanol–water partition coefficient (Wildman–Crippen LogP) is 5.40. The minimum Gasteiger partial charge on any atom is -0.325 e. The molecule has 7 heteroatoms. The topological polar surface area (TPSA) is 59.8 Å². The third kappa shape index (κ3) is 5.67. The van der Waals surface area contributed by atoms with Crippen molar-refractivity contribution < 1.29 is 4.79 Å². The zero-order valence-corrected chi connectivity index (χ0v) is 18.7. The Morgan fingerprint density at radius 2 is 1.80 bits per heavy atom. The highest BCUT2D eigenvalue weighted by molar-refractivity contribution is 8.00. The quantitative estimate of drug-likeness (QED) is 0.477. The molecular weight excluding hydrogens is 412 g/mol. The Balaban J connectivity index is 1.30. The van der Waals surface area contributed by atoms with Gasteiger partial charge >= 0.3 is 0 Å². The molecular formula is C23H26N4OS2. The molecule has 0 bridgehead atoms. The molecule has 1 aromatic heterocycles. The average molecular weight is 439 g/mol. The summed E-state index contributed by atoms with van der Waals surface area (Å²) in [5.41, 5.74) is 2.01. The molecule has 30 heavy (non-hydrogen) atoms. The highest BCUT2D eigenvalue weighted by Crippen LogP contribution is 2.35. The third-order valence-corrected chi connectivity index (χ3v) is 7.48. The Labute approximate surface area is 186 Å². The first-order valence-electron chi connectivity index (χ1n) is 10.3. The van der Waals surface area contributed by atoms with Crippen LogP contribution in [-0.4, -0.2) is 31.7 Å². The summed E-state index contributed by atoms with van der Waals surface area (Å²) in [7, 11) is 0. The van der Waals surface area contributed by atoms with E-state index >= 15 is 0 Å². The van der Waals surface area contributed by atoms with Crippen molar-refractivity contribution in [3.8, 4) is 0 Å². The van der Waals surface area contributed by atoms with E-state index in [1.165, 1.54) is 47.9 Å². The predicted molar refractivity (Wildman–Crippen MR) is 124 cm³/mol. The molecule has 1 aliphatic carbocycles. The lowest BCUT2D eigenvalue weighted by molar-refractivity contribution is -0.113. The van der Waals surface area contributed by atoms with Gasteiger partial charge in [-0.25, -0.2) is 0 Å². The smallest absolute Gasteiger partial charge is 0.234 e. The standard InChI is InChI=1S/C23H26N4OS2/c1-17-25-26-23(27(17)15-18-7-3-2-4-8-18)29-16-22(28)24-19-11-13-21(14-12-19)30-20-9-5-6-10-20/h2-4,7-8,11-14,20H,5-6,9-10,15-16H2,1H3,(H,24,28). The number of nitrogens with one attached hydrogen (secondary N) is 1. The Kier molecular flexibility index (Phi) is 7.12. The van der Waals surface area contributed by atoms with Gasteiger partial charge in [0, 0.05) is 15.8 Å². The summed E-state index contributed by atoms with van der Waals surface area (Å²) >= 11 is 3.37. The van der Waals surface area contributed by atoms with Crippen molar-refractivity contribution in [2.45, 2.75) is 54.5 Å². The van der Waals surface area contributed by atoms with Gasteiger partial charge in [0.1, 0.15) is 5.82 Å². The van der Waals surface area contributed by atoms with E-state index in [-0.39, 0.29) is 5.91 Å². The van der Waals surface area contributed by atoms with Crippen molar-refractivity contribution in [1.29, 1.82) is 0 Å². The molecule has 1 N–H and O–H groups in total. The van der Waals surface area contributed by atoms with E-state index in [4.69, 9.17) is 0 Å². The third-order valence-electron chi connectivity index (χ3n) is 5.16. The SMILES string of the molecule is Cc1nnc(SCC(=O)Nc2ccc(SC3CCCC3)cc2)n1Cc1ccccc1. The summed E-state index contributed by atoms with van der Waals surface area (Å²) in [6, 6.07) is 18.4. The van der Waals surface area contributed by atoms with Crippen LogP contribution in [0.1, 0.15) is 37.1 Å². The van der Waals surface area contributed by atoms with Crippen molar-refractivity contribution in [3.05, 3.63) is 66.0 Å². The normalized spacial score (nSPS) is 14.2. The Morgan fingerprint density at radius 3 is 2.53 bits per heavy atom. The van der Waals surface area contributed by atoms with Gasteiger partial charge in [-0.3, -0.25) is 4.79 Å². The summed E-state index contributed by atoms with van der Waals surface area (Å²) in [6.07, 6.45) is 5.33. The zero-order chi connectivity index (χ0) is 20.8. The zero-order valence-electron chi connectivity index (χ0n) is 17.1. The number of hydrogen-bond donors (Lipinski definition) is 1. The lowest BCUT2D eigenvalue weighted by Crippen LogP contribution is -2.14. The van der Waals surface area contributed by atoms with Gasteiger partial charge in [0.25, 0.3) is 0 Å². The summed E-state index contributed by atoms with van der Waals surface area (Å²) in [4.78, 5) is 13.7. The molecule has 5 nitrogen and oxygen atoms in total. The van der Waals surface area contributed by atoms with Crippen molar-refractivity contribution in [1.82, 2.24) is 14.8 Å². The number of anilines is 1. The first-order chi connectivity index (χ1) is 14.7. The molecule has 2 aromatic carbocycles. The van der Waals surface area contributed by atoms with Gasteiger partial charge in [0.05, 0.1) is 12.3 Å². The van der Waals surface area contributed by atoms with Crippen LogP contribution >= 0.6 is 23.5 Å². The molecule has 0 saturated heterocycles. The van der Waals surface area contributed by atoms with Gasteiger partial charge in [0.15, 0.2) is 5.16 Å². The number of carbonyl (C=O) groups excluding carboxylic acids is 1. The van der Waals surface area contributed by atoms with Crippen LogP contribution in [-0.2, 0) is 11.3 Å². The van der Waals surface area contributed by atoms with Crippen LogP contribution < -0.4 is 5.32 Å². The number of amides is 1. The fraction of sp³-hybridized carbons (Fsp3) is 0.348. The second-order valence-corrected chi connectivity index (χ2v) is 9.80. The highest BCUT2D eigenvalue weighted by atomic mass is 32.2. The van der Waals surface area contributed by atoms with Crippen LogP contribution in [0.2, 0.25) is 0 Å². The van der Waals surface area contributed by atoms with Crippen molar-refractivity contribution in [3.63, 3.8) is 0 Å². The lowest BCUT2D eigenvalue weighted by Gasteiger charge is -2.10. The number of carbonyl (C=O) groups is 1. The van der Waals surface area contributed by atoms with E-state index in [0.29, 0.717) is 12.3 Å². The van der Waals surface area contributed by atoms with E-state index in [9.17, 15) is 4.79 Å². The monoisotopic (exact) mass is 438 g/mol. The summed E-state index contributed by atoms with van der Waals surface area (Å²) < 4.78 is 2.04.